The number of fused-ring (bicyclic) bond motifs is 1. The molecule has 1 aromatic heterocycles. The summed E-state index contributed by atoms with van der Waals surface area (Å²) >= 11 is 7.33. The van der Waals surface area contributed by atoms with Gasteiger partial charge in [0.15, 0.2) is 5.11 Å². The van der Waals surface area contributed by atoms with Crippen molar-refractivity contribution in [2.45, 2.75) is 32.2 Å². The third-order valence-electron chi connectivity index (χ3n) is 3.69. The van der Waals surface area contributed by atoms with E-state index in [1.807, 2.05) is 6.07 Å². The van der Waals surface area contributed by atoms with Crippen LogP contribution in [0.25, 0.3) is 10.2 Å². The van der Waals surface area contributed by atoms with Gasteiger partial charge in [0.25, 0.3) is 0 Å². The van der Waals surface area contributed by atoms with Crippen LogP contribution in [0.2, 0.25) is 0 Å². The van der Waals surface area contributed by atoms with Crippen LogP contribution in [-0.4, -0.2) is 28.1 Å². The Morgan fingerprint density at radius 1 is 1.45 bits per heavy atom. The van der Waals surface area contributed by atoms with Gasteiger partial charge in [0.1, 0.15) is 5.01 Å². The summed E-state index contributed by atoms with van der Waals surface area (Å²) in [6, 6.07) is 8.70. The molecule has 0 radical (unpaired) electrons. The molecule has 1 N–H and O–H groups in total. The Labute approximate surface area is 129 Å². The molecule has 2 aromatic rings. The van der Waals surface area contributed by atoms with Crippen LogP contribution < -0.4 is 5.32 Å². The minimum Gasteiger partial charge on any atom is -0.363 e. The molecule has 0 aliphatic carbocycles. The molecule has 1 aliphatic rings. The average Bonchev–Trinajstić information content (AvgIpc) is 2.91. The lowest BCUT2D eigenvalue weighted by atomic mass is 10.0. The van der Waals surface area contributed by atoms with Crippen LogP contribution in [0.1, 0.15) is 37.2 Å². The molecule has 1 fully saturated rings. The number of likely N-dealkylation sites (tertiary alicyclic amines) is 1. The molecule has 3 nitrogen and oxygen atoms in total. The Balaban J connectivity index is 1.90. The van der Waals surface area contributed by atoms with Crippen molar-refractivity contribution >= 4 is 38.9 Å². The summed E-state index contributed by atoms with van der Waals surface area (Å²) in [5.41, 5.74) is 1.10. The highest BCUT2D eigenvalue weighted by Crippen LogP contribution is 2.35. The molecule has 0 amide bonds. The number of nitrogens with one attached hydrogen (secondary N) is 1. The summed E-state index contributed by atoms with van der Waals surface area (Å²) in [6.45, 7) is 4.00. The van der Waals surface area contributed by atoms with Gasteiger partial charge in [0.2, 0.25) is 0 Å². The van der Waals surface area contributed by atoms with Crippen LogP contribution in [0.5, 0.6) is 0 Å². The maximum Gasteiger partial charge on any atom is 0.169 e. The highest BCUT2D eigenvalue weighted by molar-refractivity contribution is 7.80. The summed E-state index contributed by atoms with van der Waals surface area (Å²) in [5, 5.41) is 5.35. The van der Waals surface area contributed by atoms with Gasteiger partial charge >= 0.3 is 0 Å². The number of aromatic nitrogens is 1. The van der Waals surface area contributed by atoms with Gasteiger partial charge in [0, 0.05) is 13.1 Å². The zero-order chi connectivity index (χ0) is 13.9. The zero-order valence-corrected chi connectivity index (χ0v) is 13.3. The number of rotatable bonds is 2. The summed E-state index contributed by atoms with van der Waals surface area (Å²) in [7, 11) is 0. The molecule has 0 spiro atoms. The molecule has 0 bridgehead atoms. The third-order valence-corrected chi connectivity index (χ3v) is 5.20. The highest BCUT2D eigenvalue weighted by Gasteiger charge is 2.28. The van der Waals surface area contributed by atoms with E-state index in [2.05, 4.69) is 35.3 Å². The minimum absolute atomic E-state index is 0.340. The Kier molecular flexibility index (Phi) is 4.17. The lowest BCUT2D eigenvalue weighted by Crippen LogP contribution is -2.44. The molecule has 0 unspecified atom stereocenters. The number of piperidine rings is 1. The van der Waals surface area contributed by atoms with E-state index < -0.39 is 0 Å². The van der Waals surface area contributed by atoms with E-state index >= 15 is 0 Å². The third kappa shape index (κ3) is 2.65. The topological polar surface area (TPSA) is 28.2 Å². The lowest BCUT2D eigenvalue weighted by molar-refractivity contribution is 0.242. The molecule has 1 atom stereocenters. The molecule has 1 saturated heterocycles. The number of nitrogens with zero attached hydrogens (tertiary/aromatic N) is 2. The molecule has 2 heterocycles. The fourth-order valence-corrected chi connectivity index (χ4v) is 4.19. The second-order valence-corrected chi connectivity index (χ2v) is 6.51. The van der Waals surface area contributed by atoms with E-state index in [1.54, 1.807) is 11.3 Å². The molecule has 1 aromatic carbocycles. The van der Waals surface area contributed by atoms with Crippen molar-refractivity contribution in [2.24, 2.45) is 0 Å². The summed E-state index contributed by atoms with van der Waals surface area (Å²) in [6.07, 6.45) is 3.62. The van der Waals surface area contributed by atoms with Gasteiger partial charge in [-0.15, -0.1) is 11.3 Å². The fourth-order valence-electron chi connectivity index (χ4n) is 2.72. The molecule has 0 saturated carbocycles. The van der Waals surface area contributed by atoms with E-state index in [1.165, 1.54) is 22.5 Å². The van der Waals surface area contributed by atoms with Crippen LogP contribution in [0.4, 0.5) is 0 Å². The van der Waals surface area contributed by atoms with Gasteiger partial charge < -0.3 is 10.2 Å². The first kappa shape index (κ1) is 13.8. The van der Waals surface area contributed by atoms with Gasteiger partial charge in [-0.25, -0.2) is 4.98 Å². The van der Waals surface area contributed by atoms with Crippen LogP contribution in [0.3, 0.4) is 0 Å². The van der Waals surface area contributed by atoms with Gasteiger partial charge in [-0.3, -0.25) is 0 Å². The highest BCUT2D eigenvalue weighted by atomic mass is 32.1. The standard InChI is InChI=1S/C15H19N3S2/c1-2-16-15(19)18-10-6-5-8-12(18)14-17-11-7-3-4-9-13(11)20-14/h3-4,7,9,12H,2,5-6,8,10H2,1H3,(H,16,19)/t12-/m1/s1. The lowest BCUT2D eigenvalue weighted by Gasteiger charge is -2.36. The second kappa shape index (κ2) is 6.06. The molecule has 20 heavy (non-hydrogen) atoms. The molecule has 5 heteroatoms. The first-order valence-electron chi connectivity index (χ1n) is 7.19. The number of hydrogen-bond acceptors (Lipinski definition) is 3. The first-order valence-corrected chi connectivity index (χ1v) is 8.42. The van der Waals surface area contributed by atoms with Gasteiger partial charge in [-0.1, -0.05) is 12.1 Å². The van der Waals surface area contributed by atoms with Crippen LogP contribution in [-0.2, 0) is 0 Å². The van der Waals surface area contributed by atoms with Crippen molar-refractivity contribution in [2.75, 3.05) is 13.1 Å². The Morgan fingerprint density at radius 3 is 3.10 bits per heavy atom. The monoisotopic (exact) mass is 305 g/mol. The Morgan fingerprint density at radius 2 is 2.30 bits per heavy atom. The van der Waals surface area contributed by atoms with E-state index in [-0.39, 0.29) is 0 Å². The van der Waals surface area contributed by atoms with Crippen LogP contribution in [0.15, 0.2) is 24.3 Å². The predicted molar refractivity (Wildman–Crippen MR) is 89.2 cm³/mol. The number of para-hydroxylation sites is 1. The molecule has 106 valence electrons. The van der Waals surface area contributed by atoms with Crippen LogP contribution in [0, 0.1) is 0 Å². The fraction of sp³-hybridized carbons (Fsp3) is 0.467. The van der Waals surface area contributed by atoms with Crippen molar-refractivity contribution in [1.82, 2.24) is 15.2 Å². The Bertz CT molecular complexity index is 575. The number of hydrogen-bond donors (Lipinski definition) is 1. The summed E-state index contributed by atoms with van der Waals surface area (Å²) in [5.74, 6) is 0. The van der Waals surface area contributed by atoms with Crippen molar-refractivity contribution in [3.8, 4) is 0 Å². The number of thiazole rings is 1. The van der Waals surface area contributed by atoms with Crippen molar-refractivity contribution in [3.05, 3.63) is 29.3 Å². The van der Waals surface area contributed by atoms with Gasteiger partial charge in [-0.2, -0.15) is 0 Å². The zero-order valence-electron chi connectivity index (χ0n) is 11.6. The molecule has 3 rings (SSSR count). The van der Waals surface area contributed by atoms with E-state index in [4.69, 9.17) is 17.2 Å². The van der Waals surface area contributed by atoms with Gasteiger partial charge in [-0.05, 0) is 50.5 Å². The van der Waals surface area contributed by atoms with Crippen molar-refractivity contribution in [3.63, 3.8) is 0 Å². The van der Waals surface area contributed by atoms with E-state index in [9.17, 15) is 0 Å². The smallest absolute Gasteiger partial charge is 0.169 e. The van der Waals surface area contributed by atoms with E-state index in [0.717, 1.165) is 30.1 Å². The average molecular weight is 305 g/mol. The van der Waals surface area contributed by atoms with Crippen LogP contribution >= 0.6 is 23.6 Å². The SMILES string of the molecule is CCNC(=S)N1CCCC[C@@H]1c1nc2ccccc2s1. The number of thiocarbonyl (C=S) groups is 1. The first-order chi connectivity index (χ1) is 9.79. The van der Waals surface area contributed by atoms with Crippen molar-refractivity contribution in [1.29, 1.82) is 0 Å². The second-order valence-electron chi connectivity index (χ2n) is 5.06. The molecule has 1 aliphatic heterocycles. The normalized spacial score (nSPS) is 19.2. The molecular weight excluding hydrogens is 286 g/mol. The van der Waals surface area contributed by atoms with E-state index in [0.29, 0.717) is 6.04 Å². The largest absolute Gasteiger partial charge is 0.363 e. The Hall–Kier alpha value is -1.20. The van der Waals surface area contributed by atoms with Gasteiger partial charge in [0.05, 0.1) is 16.3 Å². The molecular formula is C15H19N3S2. The maximum atomic E-state index is 5.52. The predicted octanol–water partition coefficient (Wildman–Crippen LogP) is 3.72. The van der Waals surface area contributed by atoms with Crippen molar-refractivity contribution < 1.29 is 0 Å². The number of benzene rings is 1. The quantitative estimate of drug-likeness (QED) is 0.856. The summed E-state index contributed by atoms with van der Waals surface area (Å²) in [4.78, 5) is 7.14. The minimum atomic E-state index is 0.340. The summed E-state index contributed by atoms with van der Waals surface area (Å²) < 4.78 is 1.27. The maximum absolute atomic E-state index is 5.52.